The molecule has 0 saturated carbocycles. The number of halogens is 5. The van der Waals surface area contributed by atoms with Crippen LogP contribution in [0.25, 0.3) is 0 Å². The van der Waals surface area contributed by atoms with Crippen LogP contribution in [0.15, 0.2) is 48.5 Å². The smallest absolute Gasteiger partial charge is 0.480 e. The number of carboxylic acid groups (broad SMARTS) is 2. The molecule has 4 atom stereocenters. The molecule has 0 bridgehead atoms. The lowest BCUT2D eigenvalue weighted by Gasteiger charge is -2.38. The Balaban J connectivity index is 0.000000572. The lowest BCUT2D eigenvalue weighted by molar-refractivity contribution is -0.192. The number of nitrogens with one attached hydrogen (secondary N) is 1. The number of rotatable bonds is 6. The van der Waals surface area contributed by atoms with Crippen LogP contribution in [0.4, 0.5) is 13.2 Å². The highest BCUT2D eigenvalue weighted by atomic mass is 35.5. The standard InChI is InChI=1S/C23H24Cl2N2O2.C2HF3O2/c1-3-14(4-2)21-23(13-26,16-8-10-17(24)11-9-16)19(20(27-21)22(28)29)15-6-5-7-18(25)12-15;3-2(4,5)1(6)7/h5-12,14,19-21,27H,3-4H2,1-2H3,(H,28,29);(H,6,7)/t19-,20+,21-,23+;/m0./s1. The summed E-state index contributed by atoms with van der Waals surface area (Å²) in [6, 6.07) is 15.7. The van der Waals surface area contributed by atoms with E-state index in [1.807, 2.05) is 18.2 Å². The Hall–Kier alpha value is -2.80. The molecule has 0 aromatic heterocycles. The van der Waals surface area contributed by atoms with Crippen molar-refractivity contribution in [3.63, 3.8) is 0 Å². The molecule has 3 rings (SSSR count). The molecule has 11 heteroatoms. The van der Waals surface area contributed by atoms with Crippen LogP contribution in [-0.2, 0) is 15.0 Å². The van der Waals surface area contributed by atoms with Crippen LogP contribution >= 0.6 is 23.2 Å². The van der Waals surface area contributed by atoms with Crippen molar-refractivity contribution in [3.8, 4) is 6.07 Å². The first kappa shape index (κ1) is 29.4. The van der Waals surface area contributed by atoms with Crippen molar-refractivity contribution in [1.29, 1.82) is 5.26 Å². The van der Waals surface area contributed by atoms with Gasteiger partial charge in [-0.2, -0.15) is 18.4 Å². The zero-order valence-corrected chi connectivity index (χ0v) is 20.9. The fourth-order valence-electron chi connectivity index (χ4n) is 4.80. The summed E-state index contributed by atoms with van der Waals surface area (Å²) in [5.74, 6) is -4.20. The van der Waals surface area contributed by atoms with Gasteiger partial charge in [-0.15, -0.1) is 0 Å². The quantitative estimate of drug-likeness (QED) is 0.409. The molecule has 6 nitrogen and oxygen atoms in total. The molecule has 1 aliphatic heterocycles. The number of alkyl halides is 3. The average molecular weight is 545 g/mol. The number of nitrogens with zero attached hydrogens (tertiary/aromatic N) is 1. The molecule has 1 fully saturated rings. The summed E-state index contributed by atoms with van der Waals surface area (Å²) >= 11 is 12.3. The first-order valence-corrected chi connectivity index (χ1v) is 11.8. The van der Waals surface area contributed by atoms with Gasteiger partial charge in [0.15, 0.2) is 0 Å². The largest absolute Gasteiger partial charge is 0.490 e. The highest BCUT2D eigenvalue weighted by molar-refractivity contribution is 6.30. The van der Waals surface area contributed by atoms with Crippen molar-refractivity contribution < 1.29 is 33.0 Å². The maximum atomic E-state index is 12.3. The van der Waals surface area contributed by atoms with Crippen LogP contribution in [0.1, 0.15) is 43.7 Å². The van der Waals surface area contributed by atoms with Gasteiger partial charge < -0.3 is 10.2 Å². The minimum atomic E-state index is -5.08. The zero-order valence-electron chi connectivity index (χ0n) is 19.4. The minimum Gasteiger partial charge on any atom is -0.480 e. The summed E-state index contributed by atoms with van der Waals surface area (Å²) in [7, 11) is 0. The van der Waals surface area contributed by atoms with Gasteiger partial charge >= 0.3 is 18.1 Å². The van der Waals surface area contributed by atoms with Crippen LogP contribution < -0.4 is 5.32 Å². The average Bonchev–Trinajstić information content (AvgIpc) is 3.16. The topological polar surface area (TPSA) is 110 Å². The van der Waals surface area contributed by atoms with E-state index < -0.39 is 35.5 Å². The molecular weight excluding hydrogens is 520 g/mol. The van der Waals surface area contributed by atoms with E-state index in [2.05, 4.69) is 25.2 Å². The second-order valence-corrected chi connectivity index (χ2v) is 9.23. The summed E-state index contributed by atoms with van der Waals surface area (Å²) < 4.78 is 31.7. The van der Waals surface area contributed by atoms with E-state index in [1.54, 1.807) is 30.3 Å². The molecule has 0 radical (unpaired) electrons. The van der Waals surface area contributed by atoms with Gasteiger partial charge in [-0.25, -0.2) is 4.79 Å². The van der Waals surface area contributed by atoms with Crippen LogP contribution in [-0.4, -0.2) is 40.4 Å². The van der Waals surface area contributed by atoms with E-state index in [4.69, 9.17) is 33.1 Å². The summed E-state index contributed by atoms with van der Waals surface area (Å²) in [5.41, 5.74) is 0.430. The number of benzene rings is 2. The highest BCUT2D eigenvalue weighted by Gasteiger charge is 2.60. The van der Waals surface area contributed by atoms with Crippen LogP contribution in [0, 0.1) is 17.2 Å². The molecule has 0 amide bonds. The molecular formula is C25H25Cl2F3N2O4. The minimum absolute atomic E-state index is 0.136. The highest BCUT2D eigenvalue weighted by Crippen LogP contribution is 2.51. The van der Waals surface area contributed by atoms with E-state index >= 15 is 0 Å². The maximum absolute atomic E-state index is 12.3. The van der Waals surface area contributed by atoms with Crippen molar-refractivity contribution in [2.24, 2.45) is 5.92 Å². The Bertz CT molecular complexity index is 1120. The Morgan fingerprint density at radius 3 is 2.06 bits per heavy atom. The normalized spacial score (nSPS) is 23.5. The Morgan fingerprint density at radius 1 is 1.08 bits per heavy atom. The summed E-state index contributed by atoms with van der Waals surface area (Å²) in [6.07, 6.45) is -3.42. The van der Waals surface area contributed by atoms with Gasteiger partial charge in [0.2, 0.25) is 0 Å². The van der Waals surface area contributed by atoms with E-state index in [1.165, 1.54) is 0 Å². The first-order chi connectivity index (χ1) is 16.8. The molecule has 1 aliphatic rings. The van der Waals surface area contributed by atoms with Gasteiger partial charge in [0.1, 0.15) is 11.5 Å². The van der Waals surface area contributed by atoms with Crippen LogP contribution in [0.5, 0.6) is 0 Å². The van der Waals surface area contributed by atoms with Gasteiger partial charge in [0.25, 0.3) is 0 Å². The van der Waals surface area contributed by atoms with E-state index in [9.17, 15) is 28.3 Å². The third-order valence-electron chi connectivity index (χ3n) is 6.42. The fraction of sp³-hybridized carbons (Fsp3) is 0.400. The molecule has 36 heavy (non-hydrogen) atoms. The third-order valence-corrected chi connectivity index (χ3v) is 6.90. The second kappa shape index (κ2) is 12.0. The predicted octanol–water partition coefficient (Wildman–Crippen LogP) is 6.03. The molecule has 1 saturated heterocycles. The fourth-order valence-corrected chi connectivity index (χ4v) is 5.13. The Morgan fingerprint density at radius 2 is 1.64 bits per heavy atom. The van der Waals surface area contributed by atoms with Crippen molar-refractivity contribution in [2.75, 3.05) is 0 Å². The third kappa shape index (κ3) is 6.12. The van der Waals surface area contributed by atoms with Crippen molar-refractivity contribution >= 4 is 35.1 Å². The van der Waals surface area contributed by atoms with Gasteiger partial charge in [0.05, 0.1) is 6.07 Å². The molecule has 1 heterocycles. The Kier molecular flexibility index (Phi) is 9.78. The SMILES string of the molecule is CCC(CC)[C@@H]1N[C@@H](C(=O)O)[C@H](c2cccc(Cl)c2)[C@@]1(C#N)c1ccc(Cl)cc1.O=C(O)C(F)(F)F. The first-order valence-electron chi connectivity index (χ1n) is 11.0. The summed E-state index contributed by atoms with van der Waals surface area (Å²) in [5, 5.41) is 32.2. The van der Waals surface area contributed by atoms with E-state index in [0.29, 0.717) is 10.0 Å². The monoisotopic (exact) mass is 544 g/mol. The molecule has 2 aromatic carbocycles. The van der Waals surface area contributed by atoms with Gasteiger partial charge in [-0.3, -0.25) is 10.1 Å². The molecule has 0 spiro atoms. The van der Waals surface area contributed by atoms with Crippen molar-refractivity contribution in [3.05, 3.63) is 69.7 Å². The Labute approximate surface area is 216 Å². The van der Waals surface area contributed by atoms with E-state index in [-0.39, 0.29) is 12.0 Å². The molecule has 3 N–H and O–H groups in total. The molecule has 2 aromatic rings. The number of carboxylic acids is 2. The van der Waals surface area contributed by atoms with Gasteiger partial charge in [-0.1, -0.05) is 74.2 Å². The number of aliphatic carboxylic acids is 2. The number of hydrogen-bond acceptors (Lipinski definition) is 4. The van der Waals surface area contributed by atoms with Crippen molar-refractivity contribution in [1.82, 2.24) is 5.32 Å². The number of nitriles is 1. The number of carbonyl (C=O) groups is 2. The lowest BCUT2D eigenvalue weighted by atomic mass is 9.62. The van der Waals surface area contributed by atoms with Gasteiger partial charge in [0, 0.05) is 22.0 Å². The predicted molar refractivity (Wildman–Crippen MR) is 129 cm³/mol. The summed E-state index contributed by atoms with van der Waals surface area (Å²) in [6.45, 7) is 4.14. The van der Waals surface area contributed by atoms with Crippen LogP contribution in [0.3, 0.4) is 0 Å². The molecule has 0 unspecified atom stereocenters. The maximum Gasteiger partial charge on any atom is 0.490 e. The van der Waals surface area contributed by atoms with Crippen molar-refractivity contribution in [2.45, 2.75) is 56.3 Å². The second-order valence-electron chi connectivity index (χ2n) is 8.36. The van der Waals surface area contributed by atoms with Crippen LogP contribution in [0.2, 0.25) is 10.0 Å². The summed E-state index contributed by atoms with van der Waals surface area (Å²) in [4.78, 5) is 21.2. The van der Waals surface area contributed by atoms with Gasteiger partial charge in [-0.05, 0) is 41.3 Å². The van der Waals surface area contributed by atoms with E-state index in [0.717, 1.165) is 24.0 Å². The zero-order chi connectivity index (χ0) is 27.3. The molecule has 0 aliphatic carbocycles. The molecule has 194 valence electrons. The lowest BCUT2D eigenvalue weighted by Crippen LogP contribution is -2.46. The number of hydrogen-bond donors (Lipinski definition) is 3.